The van der Waals surface area contributed by atoms with E-state index in [1.54, 1.807) is 37.1 Å². The van der Waals surface area contributed by atoms with E-state index in [2.05, 4.69) is 21.5 Å². The maximum Gasteiger partial charge on any atom is 0.279 e. The molecule has 1 aliphatic rings. The van der Waals surface area contributed by atoms with Crippen LogP contribution in [0, 0.1) is 6.92 Å². The number of hydrogen-bond acceptors (Lipinski definition) is 6. The van der Waals surface area contributed by atoms with E-state index in [1.807, 2.05) is 36.4 Å². The Morgan fingerprint density at radius 3 is 2.38 bits per heavy atom. The van der Waals surface area contributed by atoms with Gasteiger partial charge in [0.25, 0.3) is 15.9 Å². The molecule has 0 bridgehead atoms. The van der Waals surface area contributed by atoms with Crippen molar-refractivity contribution in [3.63, 3.8) is 0 Å². The summed E-state index contributed by atoms with van der Waals surface area (Å²) < 4.78 is 34.2. The Labute approximate surface area is 219 Å². The third-order valence-corrected chi connectivity index (χ3v) is 7.85. The lowest BCUT2D eigenvalue weighted by atomic mass is 10.1. The zero-order valence-corrected chi connectivity index (χ0v) is 22.4. The fraction of sp³-hybridized carbons (Fsp3) is 0.357. The van der Waals surface area contributed by atoms with Gasteiger partial charge in [0.2, 0.25) is 0 Å². The van der Waals surface area contributed by atoms with E-state index in [4.69, 9.17) is 4.74 Å². The number of nitrogens with zero attached hydrogens (tertiary/aromatic N) is 3. The number of aryl methyl sites for hydroxylation is 2. The maximum absolute atomic E-state index is 13.4. The molecule has 0 saturated carbocycles. The van der Waals surface area contributed by atoms with Crippen LogP contribution >= 0.6 is 0 Å². The highest BCUT2D eigenvalue weighted by Crippen LogP contribution is 2.28. The molecule has 2 heterocycles. The van der Waals surface area contributed by atoms with Crippen LogP contribution in [0.3, 0.4) is 0 Å². The van der Waals surface area contributed by atoms with Gasteiger partial charge in [0.15, 0.2) is 5.03 Å². The van der Waals surface area contributed by atoms with Gasteiger partial charge in [0, 0.05) is 31.9 Å². The van der Waals surface area contributed by atoms with Crippen molar-refractivity contribution in [3.8, 4) is 5.75 Å². The number of aromatic nitrogens is 1. The number of carbonyl (C=O) groups is 1. The molecule has 0 radical (unpaired) electrons. The molecule has 3 aromatic rings. The topological polar surface area (TPSA) is 91.8 Å². The molecule has 1 aliphatic heterocycles. The molecule has 1 aromatic heterocycles. The highest BCUT2D eigenvalue weighted by atomic mass is 32.2. The van der Waals surface area contributed by atoms with Crippen LogP contribution in [0.5, 0.6) is 5.75 Å². The first-order chi connectivity index (χ1) is 17.8. The molecule has 1 fully saturated rings. The Morgan fingerprint density at radius 2 is 1.70 bits per heavy atom. The van der Waals surface area contributed by atoms with Crippen LogP contribution < -0.4 is 14.4 Å². The average molecular weight is 523 g/mol. The van der Waals surface area contributed by atoms with Crippen LogP contribution in [0.4, 0.5) is 11.4 Å². The summed E-state index contributed by atoms with van der Waals surface area (Å²) in [7, 11) is -2.31. The summed E-state index contributed by atoms with van der Waals surface area (Å²) in [5, 5.41) is -0.177. The monoisotopic (exact) mass is 522 g/mol. The number of para-hydroxylation sites is 2. The molecule has 4 rings (SSSR count). The van der Waals surface area contributed by atoms with Gasteiger partial charge in [-0.25, -0.2) is 4.98 Å². The first-order valence-corrected chi connectivity index (χ1v) is 14.1. The van der Waals surface area contributed by atoms with Crippen LogP contribution in [0.1, 0.15) is 41.4 Å². The Hall–Kier alpha value is -3.59. The molecule has 2 aromatic carbocycles. The largest absolute Gasteiger partial charge is 0.495 e. The number of hydrogen-bond donors (Lipinski definition) is 1. The van der Waals surface area contributed by atoms with Crippen LogP contribution in [-0.2, 0) is 16.4 Å². The van der Waals surface area contributed by atoms with Gasteiger partial charge < -0.3 is 14.5 Å². The number of benzene rings is 2. The minimum absolute atomic E-state index is 0.156. The first kappa shape index (κ1) is 26.5. The van der Waals surface area contributed by atoms with Crippen molar-refractivity contribution in [2.24, 2.45) is 0 Å². The van der Waals surface area contributed by atoms with Gasteiger partial charge in [-0.05, 0) is 61.2 Å². The van der Waals surface area contributed by atoms with Gasteiger partial charge in [-0.1, -0.05) is 43.7 Å². The summed E-state index contributed by atoms with van der Waals surface area (Å²) in [4.78, 5) is 21.6. The highest BCUT2D eigenvalue weighted by molar-refractivity contribution is 7.92. The molecule has 196 valence electrons. The predicted molar refractivity (Wildman–Crippen MR) is 146 cm³/mol. The van der Waals surface area contributed by atoms with E-state index in [0.717, 1.165) is 36.3 Å². The van der Waals surface area contributed by atoms with Gasteiger partial charge in [0.1, 0.15) is 11.4 Å². The van der Waals surface area contributed by atoms with Crippen molar-refractivity contribution in [1.29, 1.82) is 0 Å². The zero-order valence-electron chi connectivity index (χ0n) is 21.6. The van der Waals surface area contributed by atoms with Crippen LogP contribution in [0.25, 0.3) is 0 Å². The summed E-state index contributed by atoms with van der Waals surface area (Å²) in [6, 6.07) is 18.2. The molecule has 0 unspecified atom stereocenters. The van der Waals surface area contributed by atoms with E-state index >= 15 is 0 Å². The molecule has 1 amide bonds. The van der Waals surface area contributed by atoms with Crippen molar-refractivity contribution in [1.82, 2.24) is 9.88 Å². The van der Waals surface area contributed by atoms with E-state index in [-0.39, 0.29) is 16.6 Å². The van der Waals surface area contributed by atoms with Crippen molar-refractivity contribution in [3.05, 3.63) is 77.5 Å². The van der Waals surface area contributed by atoms with Crippen LogP contribution in [-0.4, -0.2) is 57.5 Å². The average Bonchev–Trinajstić information content (AvgIpc) is 2.92. The predicted octanol–water partition coefficient (Wildman–Crippen LogP) is 4.50. The van der Waals surface area contributed by atoms with Gasteiger partial charge in [-0.2, -0.15) is 8.42 Å². The quantitative estimate of drug-likeness (QED) is 0.445. The summed E-state index contributed by atoms with van der Waals surface area (Å²) >= 11 is 0. The zero-order chi connectivity index (χ0) is 26.4. The highest BCUT2D eigenvalue weighted by Gasteiger charge is 2.27. The number of unbranched alkanes of at least 4 members (excludes halogenated alkanes) is 1. The molecule has 8 nitrogen and oxygen atoms in total. The number of ether oxygens (including phenoxy) is 1. The molecular weight excluding hydrogens is 488 g/mol. The standard InChI is InChI=1S/C28H34N4O4S/c1-4-5-8-22-12-14-23(15-13-22)30-37(34,35)26-16-11-21(2)27(29-26)28(33)32-19-17-31(18-20-32)24-9-6-7-10-25(24)36-3/h6-7,9-16,30H,4-5,8,17-20H2,1-3H3. The van der Waals surface area contributed by atoms with Crippen LogP contribution in [0.15, 0.2) is 65.7 Å². The molecule has 0 spiro atoms. The Bertz CT molecular complexity index is 1330. The normalized spacial score (nSPS) is 13.9. The number of rotatable bonds is 9. The molecule has 37 heavy (non-hydrogen) atoms. The lowest BCUT2D eigenvalue weighted by molar-refractivity contribution is 0.0739. The van der Waals surface area contributed by atoms with Crippen LogP contribution in [0.2, 0.25) is 0 Å². The lowest BCUT2D eigenvalue weighted by Gasteiger charge is -2.36. The fourth-order valence-electron chi connectivity index (χ4n) is 4.40. The number of amides is 1. The third-order valence-electron chi connectivity index (χ3n) is 6.57. The van der Waals surface area contributed by atoms with Crippen molar-refractivity contribution in [2.75, 3.05) is 42.9 Å². The summed E-state index contributed by atoms with van der Waals surface area (Å²) in [6.07, 6.45) is 3.15. The van der Waals surface area contributed by atoms with E-state index in [1.165, 1.54) is 6.07 Å². The molecule has 1 saturated heterocycles. The Balaban J connectivity index is 1.46. The Kier molecular flexibility index (Phi) is 8.33. The molecule has 0 aliphatic carbocycles. The Morgan fingerprint density at radius 1 is 1.00 bits per heavy atom. The SMILES string of the molecule is CCCCc1ccc(NS(=O)(=O)c2ccc(C)c(C(=O)N3CCN(c4ccccc4OC)CC3)n2)cc1. The molecule has 1 N–H and O–H groups in total. The van der Waals surface area contributed by atoms with Gasteiger partial charge in [-0.15, -0.1) is 0 Å². The number of pyridine rings is 1. The maximum atomic E-state index is 13.4. The number of sulfonamides is 1. The first-order valence-electron chi connectivity index (χ1n) is 12.6. The minimum Gasteiger partial charge on any atom is -0.495 e. The van der Waals surface area contributed by atoms with E-state index < -0.39 is 10.0 Å². The lowest BCUT2D eigenvalue weighted by Crippen LogP contribution is -2.49. The molecule has 0 atom stereocenters. The van der Waals surface area contributed by atoms with Gasteiger partial charge in [-0.3, -0.25) is 9.52 Å². The number of methoxy groups -OCH3 is 1. The van der Waals surface area contributed by atoms with Gasteiger partial charge >= 0.3 is 0 Å². The van der Waals surface area contributed by atoms with Crippen molar-refractivity contribution >= 4 is 27.3 Å². The summed E-state index contributed by atoms with van der Waals surface area (Å²) in [6.45, 7) is 6.18. The third kappa shape index (κ3) is 6.22. The second kappa shape index (κ2) is 11.6. The second-order valence-electron chi connectivity index (χ2n) is 9.17. The van der Waals surface area contributed by atoms with Crippen molar-refractivity contribution < 1.29 is 17.9 Å². The van der Waals surface area contributed by atoms with E-state index in [0.29, 0.717) is 37.4 Å². The summed E-state index contributed by atoms with van der Waals surface area (Å²) in [5.41, 5.74) is 3.41. The molecular formula is C28H34N4O4S. The second-order valence-corrected chi connectivity index (χ2v) is 10.8. The summed E-state index contributed by atoms with van der Waals surface area (Å²) in [5.74, 6) is 0.523. The smallest absolute Gasteiger partial charge is 0.279 e. The fourth-order valence-corrected chi connectivity index (χ4v) is 5.41. The number of piperazine rings is 1. The van der Waals surface area contributed by atoms with E-state index in [9.17, 15) is 13.2 Å². The van der Waals surface area contributed by atoms with Crippen molar-refractivity contribution in [2.45, 2.75) is 38.1 Å². The molecule has 9 heteroatoms. The number of nitrogens with one attached hydrogen (secondary N) is 1. The number of anilines is 2. The minimum atomic E-state index is -3.95. The van der Waals surface area contributed by atoms with Gasteiger partial charge in [0.05, 0.1) is 12.8 Å². The number of carbonyl (C=O) groups excluding carboxylic acids is 1.